The van der Waals surface area contributed by atoms with E-state index in [2.05, 4.69) is 57.9 Å². The number of hydrogen-bond donors (Lipinski definition) is 1. The molecule has 0 fully saturated rings. The van der Waals surface area contributed by atoms with Gasteiger partial charge in [-0.1, -0.05) is 13.8 Å². The topological polar surface area (TPSA) is 34.4 Å². The third-order valence-electron chi connectivity index (χ3n) is 3.21. The number of halogens is 2. The van der Waals surface area contributed by atoms with Crippen LogP contribution in [0.3, 0.4) is 0 Å². The zero-order valence-electron chi connectivity index (χ0n) is 12.1. The summed E-state index contributed by atoms with van der Waals surface area (Å²) in [6.07, 6.45) is 0. The fourth-order valence-corrected chi connectivity index (χ4v) is 3.39. The second-order valence-electron chi connectivity index (χ2n) is 5.25. The number of methoxy groups -OCH3 is 1. The molecule has 2 aromatic rings. The highest BCUT2D eigenvalue weighted by atomic mass is 79.9. The number of rotatable bonds is 5. The van der Waals surface area contributed by atoms with E-state index < -0.39 is 0 Å². The first kappa shape index (κ1) is 15.9. The molecular formula is C15H19Br2NO2. The molecule has 2 rings (SSSR count). The molecule has 0 aliphatic heterocycles. The van der Waals surface area contributed by atoms with Crippen LogP contribution < -0.4 is 10.1 Å². The zero-order chi connectivity index (χ0) is 14.9. The molecular weight excluding hydrogens is 386 g/mol. The first-order valence-electron chi connectivity index (χ1n) is 6.60. The molecule has 1 aromatic carbocycles. The average Bonchev–Trinajstić information content (AvgIpc) is 2.72. The number of nitrogens with one attached hydrogen (secondary N) is 1. The van der Waals surface area contributed by atoms with Gasteiger partial charge >= 0.3 is 0 Å². The van der Waals surface area contributed by atoms with Crippen molar-refractivity contribution in [3.05, 3.63) is 26.3 Å². The predicted molar refractivity (Wildman–Crippen MR) is 89.4 cm³/mol. The van der Waals surface area contributed by atoms with Crippen LogP contribution in [-0.2, 0) is 6.54 Å². The van der Waals surface area contributed by atoms with Crippen molar-refractivity contribution >= 4 is 42.8 Å². The summed E-state index contributed by atoms with van der Waals surface area (Å²) >= 11 is 7.15. The van der Waals surface area contributed by atoms with Crippen LogP contribution in [0.15, 0.2) is 19.4 Å². The Balaban J connectivity index is 2.42. The maximum atomic E-state index is 6.00. The Morgan fingerprint density at radius 2 is 2.05 bits per heavy atom. The molecule has 0 saturated heterocycles. The molecule has 110 valence electrons. The molecule has 0 bridgehead atoms. The van der Waals surface area contributed by atoms with E-state index >= 15 is 0 Å². The monoisotopic (exact) mass is 403 g/mol. The normalized spacial score (nSPS) is 11.6. The Morgan fingerprint density at radius 1 is 1.35 bits per heavy atom. The van der Waals surface area contributed by atoms with E-state index in [1.165, 1.54) is 0 Å². The van der Waals surface area contributed by atoms with Crippen molar-refractivity contribution in [2.75, 3.05) is 13.7 Å². The molecule has 0 aliphatic carbocycles. The summed E-state index contributed by atoms with van der Waals surface area (Å²) in [5.74, 6) is 2.39. The summed E-state index contributed by atoms with van der Waals surface area (Å²) in [6.45, 7) is 8.17. The van der Waals surface area contributed by atoms with Gasteiger partial charge in [0.25, 0.3) is 0 Å². The third-order valence-corrected chi connectivity index (χ3v) is 4.59. The minimum atomic E-state index is 0.623. The summed E-state index contributed by atoms with van der Waals surface area (Å²) in [4.78, 5) is 0. The maximum absolute atomic E-state index is 6.00. The average molecular weight is 405 g/mol. The van der Waals surface area contributed by atoms with E-state index in [9.17, 15) is 0 Å². The summed E-state index contributed by atoms with van der Waals surface area (Å²) in [5.41, 5.74) is 2.00. The van der Waals surface area contributed by atoms with Crippen molar-refractivity contribution in [3.63, 3.8) is 0 Å². The molecule has 0 saturated carbocycles. The fourth-order valence-electron chi connectivity index (χ4n) is 2.15. The van der Waals surface area contributed by atoms with E-state index in [0.717, 1.165) is 50.1 Å². The molecule has 1 N–H and O–H groups in total. The molecule has 0 aliphatic rings. The van der Waals surface area contributed by atoms with Crippen molar-refractivity contribution in [3.8, 4) is 5.75 Å². The summed E-state index contributed by atoms with van der Waals surface area (Å²) in [5, 5.41) is 4.48. The minimum absolute atomic E-state index is 0.623. The quantitative estimate of drug-likeness (QED) is 0.759. The lowest BCUT2D eigenvalue weighted by atomic mass is 10.1. The molecule has 1 aromatic heterocycles. The van der Waals surface area contributed by atoms with Crippen LogP contribution in [0.25, 0.3) is 11.0 Å². The molecule has 0 radical (unpaired) electrons. The highest BCUT2D eigenvalue weighted by Gasteiger charge is 2.18. The van der Waals surface area contributed by atoms with Crippen molar-refractivity contribution < 1.29 is 9.15 Å². The summed E-state index contributed by atoms with van der Waals surface area (Å²) < 4.78 is 13.2. The van der Waals surface area contributed by atoms with E-state index in [0.29, 0.717) is 5.92 Å². The Hall–Kier alpha value is -0.520. The molecule has 3 nitrogen and oxygen atoms in total. The van der Waals surface area contributed by atoms with Crippen LogP contribution in [0.1, 0.15) is 25.2 Å². The van der Waals surface area contributed by atoms with E-state index in [4.69, 9.17) is 9.15 Å². The van der Waals surface area contributed by atoms with Crippen molar-refractivity contribution in [2.24, 2.45) is 5.92 Å². The van der Waals surface area contributed by atoms with Gasteiger partial charge in [0.05, 0.1) is 22.6 Å². The molecule has 0 unspecified atom stereocenters. The minimum Gasteiger partial charge on any atom is -0.496 e. The smallest absolute Gasteiger partial charge is 0.150 e. The van der Waals surface area contributed by atoms with Crippen molar-refractivity contribution in [1.29, 1.82) is 0 Å². The molecule has 0 amide bonds. The summed E-state index contributed by atoms with van der Waals surface area (Å²) in [6, 6.07) is 1.92. The lowest BCUT2D eigenvalue weighted by molar-refractivity contribution is 0.412. The third kappa shape index (κ3) is 3.05. The van der Waals surface area contributed by atoms with Crippen LogP contribution >= 0.6 is 31.9 Å². The number of ether oxygens (including phenoxy) is 1. The van der Waals surface area contributed by atoms with Gasteiger partial charge in [0.1, 0.15) is 17.1 Å². The lowest BCUT2D eigenvalue weighted by Crippen LogP contribution is -2.18. The van der Waals surface area contributed by atoms with Crippen molar-refractivity contribution in [1.82, 2.24) is 5.32 Å². The number of aryl methyl sites for hydroxylation is 1. The zero-order valence-corrected chi connectivity index (χ0v) is 15.3. The first-order chi connectivity index (χ1) is 9.45. The van der Waals surface area contributed by atoms with E-state index in [1.807, 2.05) is 6.07 Å². The van der Waals surface area contributed by atoms with Gasteiger partial charge in [-0.25, -0.2) is 0 Å². The summed E-state index contributed by atoms with van der Waals surface area (Å²) in [7, 11) is 1.67. The largest absolute Gasteiger partial charge is 0.496 e. The fraction of sp³-hybridized carbons (Fsp3) is 0.467. The molecule has 0 atom stereocenters. The second-order valence-corrected chi connectivity index (χ2v) is 6.90. The maximum Gasteiger partial charge on any atom is 0.150 e. The second kappa shape index (κ2) is 6.50. The highest BCUT2D eigenvalue weighted by molar-refractivity contribution is 9.11. The van der Waals surface area contributed by atoms with Crippen LogP contribution in [0.4, 0.5) is 0 Å². The molecule has 5 heteroatoms. The highest BCUT2D eigenvalue weighted by Crippen LogP contribution is 2.41. The van der Waals surface area contributed by atoms with E-state index in [1.54, 1.807) is 7.11 Å². The molecule has 0 spiro atoms. The Bertz CT molecular complexity index is 620. The van der Waals surface area contributed by atoms with Gasteiger partial charge in [0.2, 0.25) is 0 Å². The van der Waals surface area contributed by atoms with Gasteiger partial charge in [-0.2, -0.15) is 0 Å². The first-order valence-corrected chi connectivity index (χ1v) is 8.19. The van der Waals surface area contributed by atoms with Crippen molar-refractivity contribution in [2.45, 2.75) is 27.3 Å². The Kier molecular flexibility index (Phi) is 5.15. The van der Waals surface area contributed by atoms with Gasteiger partial charge in [-0.05, 0) is 57.3 Å². The van der Waals surface area contributed by atoms with Crippen LogP contribution in [0.5, 0.6) is 5.75 Å². The lowest BCUT2D eigenvalue weighted by Gasteiger charge is -2.06. The number of benzene rings is 1. The number of furan rings is 1. The number of fused-ring (bicyclic) bond motifs is 1. The van der Waals surface area contributed by atoms with Gasteiger partial charge < -0.3 is 14.5 Å². The van der Waals surface area contributed by atoms with Gasteiger partial charge in [-0.3, -0.25) is 0 Å². The van der Waals surface area contributed by atoms with Crippen LogP contribution in [-0.4, -0.2) is 13.7 Å². The molecule has 20 heavy (non-hydrogen) atoms. The predicted octanol–water partition coefficient (Wildman–Crippen LogP) is 5.02. The van der Waals surface area contributed by atoms with Gasteiger partial charge in [0, 0.05) is 10.9 Å². The van der Waals surface area contributed by atoms with Crippen LogP contribution in [0, 0.1) is 12.8 Å². The van der Waals surface area contributed by atoms with Crippen LogP contribution in [0.2, 0.25) is 0 Å². The Labute approximate surface area is 136 Å². The molecule has 1 heterocycles. The van der Waals surface area contributed by atoms with E-state index in [-0.39, 0.29) is 0 Å². The standard InChI is InChI=1S/C15H19Br2NO2/c1-8(2)6-18-7-12-9(3)13-14(17)11(19-4)5-10(16)15(13)20-12/h5,8,18H,6-7H2,1-4H3. The van der Waals surface area contributed by atoms with Gasteiger partial charge in [0.15, 0.2) is 0 Å². The SMILES string of the molecule is COc1cc(Br)c2oc(CNCC(C)C)c(C)c2c1Br. The number of hydrogen-bond acceptors (Lipinski definition) is 3. The van der Waals surface area contributed by atoms with Gasteiger partial charge in [-0.15, -0.1) is 0 Å². The Morgan fingerprint density at radius 3 is 2.65 bits per heavy atom.